The summed E-state index contributed by atoms with van der Waals surface area (Å²) in [5, 5.41) is 11.0. The summed E-state index contributed by atoms with van der Waals surface area (Å²) in [4.78, 5) is 13.8. The number of halogens is 1. The summed E-state index contributed by atoms with van der Waals surface area (Å²) in [7, 11) is -4.06. The fraction of sp³-hybridized carbons (Fsp3) is 0.0833. The highest BCUT2D eigenvalue weighted by Crippen LogP contribution is 2.29. The Morgan fingerprint density at radius 1 is 1.33 bits per heavy atom. The molecule has 1 aromatic carbocycles. The third-order valence-corrected chi connectivity index (χ3v) is 4.45. The van der Waals surface area contributed by atoms with Crippen LogP contribution >= 0.6 is 11.6 Å². The van der Waals surface area contributed by atoms with Crippen LogP contribution in [-0.2, 0) is 10.0 Å². The zero-order chi connectivity index (χ0) is 15.6. The number of aromatic nitrogens is 1. The van der Waals surface area contributed by atoms with Crippen LogP contribution in [0.2, 0.25) is 5.02 Å². The molecule has 0 bridgehead atoms. The monoisotopic (exact) mass is 327 g/mol. The minimum Gasteiger partial charge on any atom is -0.273 e. The van der Waals surface area contributed by atoms with E-state index in [4.69, 9.17) is 11.6 Å². The van der Waals surface area contributed by atoms with Gasteiger partial charge in [0.1, 0.15) is 10.6 Å². The first kappa shape index (κ1) is 15.2. The molecule has 2 aromatic rings. The van der Waals surface area contributed by atoms with Gasteiger partial charge in [-0.3, -0.25) is 19.8 Å². The van der Waals surface area contributed by atoms with E-state index in [1.165, 1.54) is 24.4 Å². The van der Waals surface area contributed by atoms with E-state index in [0.29, 0.717) is 5.56 Å². The number of hydrogen-bond donors (Lipinski definition) is 1. The lowest BCUT2D eigenvalue weighted by atomic mass is 10.2. The molecule has 1 aromatic heterocycles. The van der Waals surface area contributed by atoms with Crippen LogP contribution in [0, 0.1) is 17.0 Å². The first-order valence-electron chi connectivity index (χ1n) is 5.68. The zero-order valence-electron chi connectivity index (χ0n) is 10.8. The molecule has 0 unspecified atom stereocenters. The number of sulfonamides is 1. The Balaban J connectivity index is 2.47. The van der Waals surface area contributed by atoms with Gasteiger partial charge in [0.2, 0.25) is 0 Å². The number of benzene rings is 1. The van der Waals surface area contributed by atoms with E-state index in [0.717, 1.165) is 6.20 Å². The highest BCUT2D eigenvalue weighted by Gasteiger charge is 2.23. The lowest BCUT2D eigenvalue weighted by Crippen LogP contribution is -2.14. The molecule has 0 saturated heterocycles. The maximum Gasteiger partial charge on any atom is 0.293 e. The van der Waals surface area contributed by atoms with Crippen LogP contribution in [0.4, 0.5) is 11.4 Å². The van der Waals surface area contributed by atoms with E-state index in [1.54, 1.807) is 13.0 Å². The first-order chi connectivity index (χ1) is 9.81. The maximum absolute atomic E-state index is 12.2. The molecule has 0 saturated carbocycles. The summed E-state index contributed by atoms with van der Waals surface area (Å²) < 4.78 is 26.6. The molecule has 7 nitrogen and oxygen atoms in total. The van der Waals surface area contributed by atoms with Crippen molar-refractivity contribution in [1.29, 1.82) is 0 Å². The predicted molar refractivity (Wildman–Crippen MR) is 77.9 cm³/mol. The molecule has 1 heterocycles. The van der Waals surface area contributed by atoms with Crippen molar-refractivity contribution >= 4 is 33.0 Å². The molecular formula is C12H10ClN3O4S. The van der Waals surface area contributed by atoms with E-state index < -0.39 is 14.9 Å². The number of nitrogens with one attached hydrogen (secondary N) is 1. The number of pyridine rings is 1. The topological polar surface area (TPSA) is 102 Å². The van der Waals surface area contributed by atoms with Gasteiger partial charge in [-0.1, -0.05) is 17.7 Å². The van der Waals surface area contributed by atoms with E-state index >= 15 is 0 Å². The SMILES string of the molecule is Cc1ccc(NS(=O)(=O)c2cnccc2Cl)c([N+](=O)[O-])c1. The summed E-state index contributed by atoms with van der Waals surface area (Å²) in [6.45, 7) is 1.67. The number of nitro groups is 1. The van der Waals surface area contributed by atoms with Crippen molar-refractivity contribution in [3.8, 4) is 0 Å². The molecule has 0 aliphatic heterocycles. The third kappa shape index (κ3) is 3.29. The second-order valence-electron chi connectivity index (χ2n) is 4.19. The van der Waals surface area contributed by atoms with E-state index in [2.05, 4.69) is 9.71 Å². The van der Waals surface area contributed by atoms with E-state index in [-0.39, 0.29) is 21.3 Å². The van der Waals surface area contributed by atoms with Crippen LogP contribution in [0.5, 0.6) is 0 Å². The second kappa shape index (κ2) is 5.66. The van der Waals surface area contributed by atoms with Crippen molar-refractivity contribution in [2.24, 2.45) is 0 Å². The molecule has 0 amide bonds. The number of rotatable bonds is 4. The molecule has 0 aliphatic carbocycles. The van der Waals surface area contributed by atoms with Crippen LogP contribution in [0.15, 0.2) is 41.6 Å². The van der Waals surface area contributed by atoms with Crippen LogP contribution < -0.4 is 4.72 Å². The van der Waals surface area contributed by atoms with Gasteiger partial charge in [-0.05, 0) is 24.6 Å². The Hall–Kier alpha value is -2.19. The standard InChI is InChI=1S/C12H10ClN3O4S/c1-8-2-3-10(11(6-8)16(17)18)15-21(19,20)12-7-14-5-4-9(12)13/h2-7,15H,1H3. The van der Waals surface area contributed by atoms with Gasteiger partial charge in [0.05, 0.1) is 9.95 Å². The smallest absolute Gasteiger partial charge is 0.273 e. The van der Waals surface area contributed by atoms with Crippen molar-refractivity contribution in [2.75, 3.05) is 4.72 Å². The molecule has 0 spiro atoms. The van der Waals surface area contributed by atoms with Crippen molar-refractivity contribution in [3.05, 3.63) is 57.4 Å². The summed E-state index contributed by atoms with van der Waals surface area (Å²) in [6, 6.07) is 5.49. The highest BCUT2D eigenvalue weighted by atomic mass is 35.5. The Kier molecular flexibility index (Phi) is 4.10. The largest absolute Gasteiger partial charge is 0.293 e. The average molecular weight is 328 g/mol. The highest BCUT2D eigenvalue weighted by molar-refractivity contribution is 7.92. The maximum atomic E-state index is 12.2. The molecule has 1 N–H and O–H groups in total. The van der Waals surface area contributed by atoms with Crippen molar-refractivity contribution in [3.63, 3.8) is 0 Å². The van der Waals surface area contributed by atoms with Gasteiger partial charge in [0.15, 0.2) is 0 Å². The fourth-order valence-electron chi connectivity index (χ4n) is 1.64. The molecule has 2 rings (SSSR count). The minimum absolute atomic E-state index is 0.0211. The molecule has 0 aliphatic rings. The molecule has 0 atom stereocenters. The van der Waals surface area contributed by atoms with Gasteiger partial charge in [-0.25, -0.2) is 8.42 Å². The van der Waals surface area contributed by atoms with Crippen LogP contribution in [0.1, 0.15) is 5.56 Å². The number of nitrogens with zero attached hydrogens (tertiary/aromatic N) is 2. The van der Waals surface area contributed by atoms with Gasteiger partial charge < -0.3 is 0 Å². The van der Waals surface area contributed by atoms with Gasteiger partial charge in [0, 0.05) is 18.5 Å². The van der Waals surface area contributed by atoms with Gasteiger partial charge in [-0.15, -0.1) is 0 Å². The lowest BCUT2D eigenvalue weighted by molar-refractivity contribution is -0.383. The Labute approximate surface area is 125 Å². The lowest BCUT2D eigenvalue weighted by Gasteiger charge is -2.09. The fourth-order valence-corrected chi connectivity index (χ4v) is 3.15. The number of nitro benzene ring substituents is 1. The summed E-state index contributed by atoms with van der Waals surface area (Å²) in [5.41, 5.74) is 0.174. The van der Waals surface area contributed by atoms with Gasteiger partial charge >= 0.3 is 0 Å². The van der Waals surface area contributed by atoms with Gasteiger partial charge in [-0.2, -0.15) is 0 Å². The minimum atomic E-state index is -4.06. The quantitative estimate of drug-likeness (QED) is 0.687. The van der Waals surface area contributed by atoms with E-state index in [9.17, 15) is 18.5 Å². The molecule has 0 fully saturated rings. The normalized spacial score (nSPS) is 11.1. The number of hydrogen-bond acceptors (Lipinski definition) is 5. The Morgan fingerprint density at radius 3 is 2.67 bits per heavy atom. The number of anilines is 1. The van der Waals surface area contributed by atoms with Crippen molar-refractivity contribution in [2.45, 2.75) is 11.8 Å². The van der Waals surface area contributed by atoms with Gasteiger partial charge in [0.25, 0.3) is 15.7 Å². The Morgan fingerprint density at radius 2 is 2.05 bits per heavy atom. The van der Waals surface area contributed by atoms with Crippen molar-refractivity contribution in [1.82, 2.24) is 4.98 Å². The second-order valence-corrected chi connectivity index (χ2v) is 6.25. The summed E-state index contributed by atoms with van der Waals surface area (Å²) in [6.07, 6.45) is 2.42. The summed E-state index contributed by atoms with van der Waals surface area (Å²) >= 11 is 5.81. The predicted octanol–water partition coefficient (Wildman–Crippen LogP) is 2.75. The Bertz CT molecular complexity index is 808. The average Bonchev–Trinajstić information content (AvgIpc) is 2.40. The van der Waals surface area contributed by atoms with Crippen LogP contribution in [0.25, 0.3) is 0 Å². The molecule has 110 valence electrons. The number of aryl methyl sites for hydroxylation is 1. The van der Waals surface area contributed by atoms with Crippen LogP contribution in [-0.4, -0.2) is 18.3 Å². The molecular weight excluding hydrogens is 318 g/mol. The summed E-state index contributed by atoms with van der Waals surface area (Å²) in [5.74, 6) is 0. The first-order valence-corrected chi connectivity index (χ1v) is 7.55. The van der Waals surface area contributed by atoms with Crippen molar-refractivity contribution < 1.29 is 13.3 Å². The molecule has 9 heteroatoms. The zero-order valence-corrected chi connectivity index (χ0v) is 12.4. The molecule has 21 heavy (non-hydrogen) atoms. The van der Waals surface area contributed by atoms with Crippen LogP contribution in [0.3, 0.4) is 0 Å². The van der Waals surface area contributed by atoms with E-state index in [1.807, 2.05) is 0 Å². The third-order valence-electron chi connectivity index (χ3n) is 2.62. The molecule has 0 radical (unpaired) electrons.